The maximum atomic E-state index is 13.3. The van der Waals surface area contributed by atoms with Gasteiger partial charge in [-0.2, -0.15) is 9.29 Å². The van der Waals surface area contributed by atoms with Gasteiger partial charge >= 0.3 is 11.8 Å². The van der Waals surface area contributed by atoms with Gasteiger partial charge in [-0.15, -0.1) is 0 Å². The Morgan fingerprint density at radius 1 is 1.06 bits per heavy atom. The smallest absolute Gasteiger partial charge is 0.316 e. The summed E-state index contributed by atoms with van der Waals surface area (Å²) in [6, 6.07) is 14.4. The van der Waals surface area contributed by atoms with Crippen molar-refractivity contribution in [2.45, 2.75) is 44.0 Å². The Hall–Kier alpha value is -3.04. The maximum absolute atomic E-state index is 13.3. The van der Waals surface area contributed by atoms with Crippen LogP contribution in [0.2, 0.25) is 0 Å². The van der Waals surface area contributed by atoms with E-state index >= 15 is 0 Å². The van der Waals surface area contributed by atoms with Gasteiger partial charge in [0.05, 0.1) is 4.90 Å². The second kappa shape index (κ2) is 9.84. The van der Waals surface area contributed by atoms with Gasteiger partial charge in [0.15, 0.2) is 0 Å². The summed E-state index contributed by atoms with van der Waals surface area (Å²) in [7, 11) is -2.20. The lowest BCUT2D eigenvalue weighted by atomic mass is 10.1. The molecule has 1 aliphatic rings. The normalized spacial score (nSPS) is 14.9. The minimum atomic E-state index is -3.76. The number of nitrogens with zero attached hydrogens (tertiary/aromatic N) is 4. The number of likely N-dealkylation sites (tertiary alicyclic amines) is 1. The zero-order valence-electron chi connectivity index (χ0n) is 18.9. The van der Waals surface area contributed by atoms with Crippen LogP contribution < -0.4 is 0 Å². The second-order valence-electron chi connectivity index (χ2n) is 8.36. The molecule has 1 fully saturated rings. The highest BCUT2D eigenvalue weighted by Gasteiger charge is 2.26. The third-order valence-electron chi connectivity index (χ3n) is 5.88. The Morgan fingerprint density at radius 3 is 2.45 bits per heavy atom. The molecule has 1 saturated heterocycles. The number of sulfonamides is 1. The van der Waals surface area contributed by atoms with E-state index in [4.69, 9.17) is 4.52 Å². The summed E-state index contributed by atoms with van der Waals surface area (Å²) in [4.78, 5) is 19.0. The molecule has 1 aromatic heterocycles. The molecule has 0 atom stereocenters. The van der Waals surface area contributed by atoms with Gasteiger partial charge in [-0.3, -0.25) is 4.79 Å². The number of benzene rings is 2. The average molecular weight is 469 g/mol. The molecule has 0 N–H and O–H groups in total. The Balaban J connectivity index is 1.58. The summed E-state index contributed by atoms with van der Waals surface area (Å²) in [5.41, 5.74) is 1.99. The van der Waals surface area contributed by atoms with Crippen LogP contribution in [0.4, 0.5) is 0 Å². The molecule has 2 heterocycles. The van der Waals surface area contributed by atoms with Gasteiger partial charge in [0.25, 0.3) is 0 Å². The molecule has 0 unspecified atom stereocenters. The number of carbonyl (C=O) groups is 1. The monoisotopic (exact) mass is 468 g/mol. The molecule has 8 nitrogen and oxygen atoms in total. The Morgan fingerprint density at radius 2 is 1.76 bits per heavy atom. The van der Waals surface area contributed by atoms with E-state index in [0.717, 1.165) is 31.2 Å². The van der Waals surface area contributed by atoms with E-state index in [2.05, 4.69) is 10.1 Å². The number of hydrogen-bond donors (Lipinski definition) is 0. The number of hydrogen-bond acceptors (Lipinski definition) is 6. The summed E-state index contributed by atoms with van der Waals surface area (Å²) in [5, 5.41) is 3.95. The molecule has 33 heavy (non-hydrogen) atoms. The van der Waals surface area contributed by atoms with Crippen LogP contribution in [0.5, 0.6) is 0 Å². The van der Waals surface area contributed by atoms with Gasteiger partial charge in [0.2, 0.25) is 15.8 Å². The van der Waals surface area contributed by atoms with Crippen LogP contribution in [0.1, 0.15) is 47.5 Å². The lowest BCUT2D eigenvalue weighted by Gasteiger charge is -2.19. The number of carbonyl (C=O) groups excluding carboxylic acids is 1. The first-order valence-corrected chi connectivity index (χ1v) is 12.5. The lowest BCUT2D eigenvalue weighted by Crippen LogP contribution is -2.32. The maximum Gasteiger partial charge on any atom is 0.316 e. The topological polar surface area (TPSA) is 96.6 Å². The van der Waals surface area contributed by atoms with Gasteiger partial charge in [-0.25, -0.2) is 8.42 Å². The van der Waals surface area contributed by atoms with Crippen molar-refractivity contribution in [2.75, 3.05) is 20.1 Å². The molecule has 0 spiro atoms. The zero-order valence-corrected chi connectivity index (χ0v) is 19.7. The third-order valence-corrected chi connectivity index (χ3v) is 7.83. The number of amides is 1. The van der Waals surface area contributed by atoms with Crippen molar-refractivity contribution in [3.63, 3.8) is 0 Å². The first-order chi connectivity index (χ1) is 15.9. The largest absolute Gasteiger partial charge is 0.334 e. The van der Waals surface area contributed by atoms with Crippen molar-refractivity contribution >= 4 is 15.9 Å². The molecule has 3 aromatic rings. The van der Waals surface area contributed by atoms with Crippen molar-refractivity contribution in [2.24, 2.45) is 0 Å². The standard InChI is InChI=1S/C24H28N4O4S/c1-18-12-13-20(16-21(18)33(30,31)27(2)17-19-10-6-5-7-11-19)22-25-23(32-26-22)24(29)28-14-8-3-4-9-15-28/h5-7,10-13,16H,3-4,8-9,14-15,17H2,1-2H3. The van der Waals surface area contributed by atoms with E-state index in [-0.39, 0.29) is 29.1 Å². The summed E-state index contributed by atoms with van der Waals surface area (Å²) >= 11 is 0. The highest BCUT2D eigenvalue weighted by Crippen LogP contribution is 2.26. The SMILES string of the molecule is Cc1ccc(-c2noc(C(=O)N3CCCCCC3)n2)cc1S(=O)(=O)N(C)Cc1ccccc1. The van der Waals surface area contributed by atoms with Crippen LogP contribution in [0.25, 0.3) is 11.4 Å². The molecular formula is C24H28N4O4S. The molecule has 0 radical (unpaired) electrons. The Kier molecular flexibility index (Phi) is 6.90. The van der Waals surface area contributed by atoms with Crippen LogP contribution in [-0.2, 0) is 16.6 Å². The molecule has 2 aromatic carbocycles. The molecule has 1 aliphatic heterocycles. The van der Waals surface area contributed by atoms with E-state index in [1.807, 2.05) is 30.3 Å². The van der Waals surface area contributed by atoms with Gasteiger partial charge < -0.3 is 9.42 Å². The predicted octanol–water partition coefficient (Wildman–Crippen LogP) is 3.88. The van der Waals surface area contributed by atoms with Crippen molar-refractivity contribution < 1.29 is 17.7 Å². The number of rotatable bonds is 6. The van der Waals surface area contributed by atoms with Crippen LogP contribution in [0.3, 0.4) is 0 Å². The van der Waals surface area contributed by atoms with E-state index in [1.54, 1.807) is 31.0 Å². The molecule has 1 amide bonds. The fraction of sp³-hybridized carbons (Fsp3) is 0.375. The van der Waals surface area contributed by atoms with E-state index in [1.165, 1.54) is 10.4 Å². The average Bonchev–Trinajstić information content (AvgIpc) is 3.14. The summed E-state index contributed by atoms with van der Waals surface area (Å²) in [6.45, 7) is 3.36. The van der Waals surface area contributed by atoms with Crippen molar-refractivity contribution in [3.8, 4) is 11.4 Å². The molecule has 9 heteroatoms. The highest BCUT2D eigenvalue weighted by molar-refractivity contribution is 7.89. The molecule has 4 rings (SSSR count). The van der Waals surface area contributed by atoms with Crippen LogP contribution in [-0.4, -0.2) is 53.8 Å². The molecule has 0 aliphatic carbocycles. The Labute approximate surface area is 194 Å². The van der Waals surface area contributed by atoms with E-state index in [0.29, 0.717) is 24.2 Å². The van der Waals surface area contributed by atoms with Crippen LogP contribution in [0, 0.1) is 6.92 Å². The quantitative estimate of drug-likeness (QED) is 0.545. The number of aromatic nitrogens is 2. The van der Waals surface area contributed by atoms with Crippen molar-refractivity contribution in [3.05, 3.63) is 65.5 Å². The third kappa shape index (κ3) is 5.15. The summed E-state index contributed by atoms with van der Waals surface area (Å²) in [5.74, 6) is -0.161. The van der Waals surface area contributed by atoms with Gasteiger partial charge in [0.1, 0.15) is 0 Å². The fourth-order valence-electron chi connectivity index (χ4n) is 3.95. The molecular weight excluding hydrogens is 440 g/mol. The highest BCUT2D eigenvalue weighted by atomic mass is 32.2. The lowest BCUT2D eigenvalue weighted by molar-refractivity contribution is 0.0711. The van der Waals surface area contributed by atoms with Gasteiger partial charge in [0, 0.05) is 32.2 Å². The Bertz CT molecular complexity index is 1220. The summed E-state index contributed by atoms with van der Waals surface area (Å²) in [6.07, 6.45) is 4.14. The first-order valence-electron chi connectivity index (χ1n) is 11.1. The molecule has 0 saturated carbocycles. The van der Waals surface area contributed by atoms with E-state index in [9.17, 15) is 13.2 Å². The first kappa shape index (κ1) is 23.1. The zero-order chi connectivity index (χ0) is 23.4. The minimum Gasteiger partial charge on any atom is -0.334 e. The van der Waals surface area contributed by atoms with Crippen molar-refractivity contribution in [1.29, 1.82) is 0 Å². The van der Waals surface area contributed by atoms with E-state index < -0.39 is 10.0 Å². The summed E-state index contributed by atoms with van der Waals surface area (Å²) < 4.78 is 33.2. The number of aryl methyl sites for hydroxylation is 1. The van der Waals surface area contributed by atoms with Gasteiger partial charge in [-0.05, 0) is 37.0 Å². The van der Waals surface area contributed by atoms with Crippen molar-refractivity contribution in [1.82, 2.24) is 19.3 Å². The van der Waals surface area contributed by atoms with Crippen LogP contribution >= 0.6 is 0 Å². The predicted molar refractivity (Wildman–Crippen MR) is 124 cm³/mol. The molecule has 174 valence electrons. The van der Waals surface area contributed by atoms with Crippen LogP contribution in [0.15, 0.2) is 57.9 Å². The minimum absolute atomic E-state index is 0.0712. The second-order valence-corrected chi connectivity index (χ2v) is 10.4. The fourth-order valence-corrected chi connectivity index (χ4v) is 5.35. The van der Waals surface area contributed by atoms with Gasteiger partial charge in [-0.1, -0.05) is 60.5 Å². The molecule has 0 bridgehead atoms.